The summed E-state index contributed by atoms with van der Waals surface area (Å²) in [4.78, 5) is 15.4. The molecule has 0 atom stereocenters. The first kappa shape index (κ1) is 19.3. The average Bonchev–Trinajstić information content (AvgIpc) is 3.12. The first-order valence-corrected chi connectivity index (χ1v) is 9.98. The molecule has 7 nitrogen and oxygen atoms in total. The molecule has 2 fully saturated rings. The summed E-state index contributed by atoms with van der Waals surface area (Å²) in [5.41, 5.74) is 2.27. The maximum atomic E-state index is 10.9. The molecule has 2 aromatic rings. The molecule has 28 heavy (non-hydrogen) atoms. The van der Waals surface area contributed by atoms with E-state index in [1.54, 1.807) is 0 Å². The van der Waals surface area contributed by atoms with Crippen LogP contribution in [0.15, 0.2) is 24.5 Å². The van der Waals surface area contributed by atoms with Crippen LogP contribution in [0.25, 0.3) is 11.0 Å². The van der Waals surface area contributed by atoms with Gasteiger partial charge in [-0.1, -0.05) is 6.07 Å². The van der Waals surface area contributed by atoms with Crippen molar-refractivity contribution >= 4 is 29.7 Å². The van der Waals surface area contributed by atoms with Gasteiger partial charge in [-0.15, -0.1) is 0 Å². The van der Waals surface area contributed by atoms with Gasteiger partial charge in [-0.05, 0) is 71.0 Å². The lowest BCUT2D eigenvalue weighted by Crippen LogP contribution is -2.41. The van der Waals surface area contributed by atoms with Gasteiger partial charge in [0.1, 0.15) is 0 Å². The molecule has 0 spiro atoms. The Bertz CT molecular complexity index is 871. The van der Waals surface area contributed by atoms with Crippen LogP contribution in [-0.2, 0) is 9.31 Å². The fourth-order valence-electron chi connectivity index (χ4n) is 4.13. The molecule has 2 aliphatic rings. The number of benzene rings is 1. The van der Waals surface area contributed by atoms with Gasteiger partial charge in [0.2, 0.25) is 0 Å². The van der Waals surface area contributed by atoms with Crippen molar-refractivity contribution in [3.8, 4) is 0 Å². The van der Waals surface area contributed by atoms with Gasteiger partial charge in [0.05, 0.1) is 28.6 Å². The van der Waals surface area contributed by atoms with Crippen molar-refractivity contribution in [2.45, 2.75) is 76.7 Å². The Kier molecular flexibility index (Phi) is 4.66. The monoisotopic (exact) mass is 385 g/mol. The summed E-state index contributed by atoms with van der Waals surface area (Å²) >= 11 is 0. The Balaban J connectivity index is 1.56. The van der Waals surface area contributed by atoms with Gasteiger partial charge in [0.25, 0.3) is 0 Å². The molecule has 0 bridgehead atoms. The fourth-order valence-corrected chi connectivity index (χ4v) is 4.13. The second-order valence-electron chi connectivity index (χ2n) is 8.94. The molecule has 1 amide bonds. The number of carbonyl (C=O) groups is 1. The molecule has 0 radical (unpaired) electrons. The standard InChI is InChI=1S/C20H28BN3O4/c1-19(2)20(3,4)28-21(27-19)13-5-10-16-17(11-13)24(12-22-16)15-8-6-14(7-9-15)23-18(25)26/h5,10-12,14-15,23H,6-9H2,1-4H3,(H,25,26). The van der Waals surface area contributed by atoms with E-state index in [9.17, 15) is 4.79 Å². The molecule has 4 rings (SSSR count). The largest absolute Gasteiger partial charge is 0.494 e. The van der Waals surface area contributed by atoms with Crippen molar-refractivity contribution < 1.29 is 19.2 Å². The van der Waals surface area contributed by atoms with Gasteiger partial charge in [-0.2, -0.15) is 0 Å². The lowest BCUT2D eigenvalue weighted by molar-refractivity contribution is 0.00578. The molecule has 1 saturated carbocycles. The molecular weight excluding hydrogens is 357 g/mol. The molecule has 1 aromatic carbocycles. The molecule has 150 valence electrons. The highest BCUT2D eigenvalue weighted by atomic mass is 16.7. The van der Waals surface area contributed by atoms with E-state index in [0.717, 1.165) is 42.2 Å². The number of hydrogen-bond donors (Lipinski definition) is 2. The molecule has 1 saturated heterocycles. The first-order valence-electron chi connectivity index (χ1n) is 9.98. The maximum Gasteiger partial charge on any atom is 0.494 e. The number of hydrogen-bond acceptors (Lipinski definition) is 4. The number of nitrogens with zero attached hydrogens (tertiary/aromatic N) is 2. The van der Waals surface area contributed by atoms with Gasteiger partial charge >= 0.3 is 13.2 Å². The third kappa shape index (κ3) is 3.39. The number of fused-ring (bicyclic) bond motifs is 1. The number of imidazole rings is 1. The highest BCUT2D eigenvalue weighted by Crippen LogP contribution is 2.37. The number of nitrogens with one attached hydrogen (secondary N) is 1. The smallest absolute Gasteiger partial charge is 0.465 e. The zero-order valence-corrected chi connectivity index (χ0v) is 16.9. The Morgan fingerprint density at radius 1 is 1.18 bits per heavy atom. The lowest BCUT2D eigenvalue weighted by atomic mass is 9.79. The van der Waals surface area contributed by atoms with E-state index >= 15 is 0 Å². The van der Waals surface area contributed by atoms with E-state index in [2.05, 4.69) is 48.6 Å². The topological polar surface area (TPSA) is 85.6 Å². The molecule has 2 N–H and O–H groups in total. The minimum absolute atomic E-state index is 0.0452. The van der Waals surface area contributed by atoms with Crippen molar-refractivity contribution in [2.24, 2.45) is 0 Å². The van der Waals surface area contributed by atoms with Crippen LogP contribution in [0.3, 0.4) is 0 Å². The van der Waals surface area contributed by atoms with Crippen LogP contribution in [0.5, 0.6) is 0 Å². The van der Waals surface area contributed by atoms with Crippen LogP contribution >= 0.6 is 0 Å². The van der Waals surface area contributed by atoms with Crippen molar-refractivity contribution in [1.82, 2.24) is 14.9 Å². The van der Waals surface area contributed by atoms with Gasteiger partial charge in [0, 0.05) is 12.1 Å². The van der Waals surface area contributed by atoms with E-state index in [-0.39, 0.29) is 17.2 Å². The second-order valence-corrected chi connectivity index (χ2v) is 8.94. The Hall–Kier alpha value is -2.06. The summed E-state index contributed by atoms with van der Waals surface area (Å²) < 4.78 is 14.6. The molecule has 1 aliphatic carbocycles. The fraction of sp³-hybridized carbons (Fsp3) is 0.600. The summed E-state index contributed by atoms with van der Waals surface area (Å²) in [6.07, 6.45) is 4.49. The zero-order chi connectivity index (χ0) is 20.1. The molecule has 1 aromatic heterocycles. The van der Waals surface area contributed by atoms with Crippen LogP contribution in [-0.4, -0.2) is 45.1 Å². The number of aromatic nitrogens is 2. The van der Waals surface area contributed by atoms with E-state index in [1.807, 2.05) is 18.5 Å². The van der Waals surface area contributed by atoms with Crippen molar-refractivity contribution in [3.05, 3.63) is 24.5 Å². The first-order chi connectivity index (χ1) is 13.2. The maximum absolute atomic E-state index is 10.9. The van der Waals surface area contributed by atoms with Gasteiger partial charge in [0.15, 0.2) is 0 Å². The number of carboxylic acid groups (broad SMARTS) is 1. The molecule has 1 aliphatic heterocycles. The van der Waals surface area contributed by atoms with Crippen molar-refractivity contribution in [2.75, 3.05) is 0 Å². The predicted octanol–water partition coefficient (Wildman–Crippen LogP) is 3.09. The summed E-state index contributed by atoms with van der Waals surface area (Å²) in [6, 6.07) is 6.53. The van der Waals surface area contributed by atoms with Crippen LogP contribution in [0.2, 0.25) is 0 Å². The zero-order valence-electron chi connectivity index (χ0n) is 16.9. The SMILES string of the molecule is CC1(C)OB(c2ccc3ncn(C4CCC(NC(=O)O)CC4)c3c2)OC1(C)C. The number of rotatable bonds is 3. The highest BCUT2D eigenvalue weighted by molar-refractivity contribution is 6.62. The normalized spacial score (nSPS) is 26.5. The van der Waals surface area contributed by atoms with Gasteiger partial charge in [-0.25, -0.2) is 9.78 Å². The number of amides is 1. The summed E-state index contributed by atoms with van der Waals surface area (Å²) in [7, 11) is -0.395. The molecule has 2 heterocycles. The van der Waals surface area contributed by atoms with Crippen LogP contribution < -0.4 is 10.8 Å². The minimum atomic E-state index is -0.941. The molecule has 0 unspecified atom stereocenters. The van der Waals surface area contributed by atoms with E-state index in [0.29, 0.717) is 6.04 Å². The van der Waals surface area contributed by atoms with Crippen LogP contribution in [0.1, 0.15) is 59.4 Å². The van der Waals surface area contributed by atoms with E-state index < -0.39 is 13.2 Å². The predicted molar refractivity (Wildman–Crippen MR) is 108 cm³/mol. The summed E-state index contributed by atoms with van der Waals surface area (Å²) in [5.74, 6) is 0. The second kappa shape index (κ2) is 6.78. The third-order valence-electron chi connectivity index (χ3n) is 6.54. The van der Waals surface area contributed by atoms with Crippen molar-refractivity contribution in [1.29, 1.82) is 0 Å². The summed E-state index contributed by atoms with van der Waals surface area (Å²) in [6.45, 7) is 8.22. The summed E-state index contributed by atoms with van der Waals surface area (Å²) in [5, 5.41) is 11.5. The molecular formula is C20H28BN3O4. The lowest BCUT2D eigenvalue weighted by Gasteiger charge is -2.32. The highest BCUT2D eigenvalue weighted by Gasteiger charge is 2.51. The molecule has 8 heteroatoms. The minimum Gasteiger partial charge on any atom is -0.465 e. The third-order valence-corrected chi connectivity index (χ3v) is 6.54. The van der Waals surface area contributed by atoms with Gasteiger partial charge in [-0.3, -0.25) is 0 Å². The quantitative estimate of drug-likeness (QED) is 0.794. The Morgan fingerprint density at radius 3 is 2.43 bits per heavy atom. The van der Waals surface area contributed by atoms with Crippen LogP contribution in [0, 0.1) is 0 Å². The Labute approximate surface area is 165 Å². The van der Waals surface area contributed by atoms with Crippen molar-refractivity contribution in [3.63, 3.8) is 0 Å². The van der Waals surface area contributed by atoms with Gasteiger partial charge < -0.3 is 24.3 Å². The van der Waals surface area contributed by atoms with E-state index in [4.69, 9.17) is 14.4 Å². The van der Waals surface area contributed by atoms with E-state index in [1.165, 1.54) is 0 Å². The Morgan fingerprint density at radius 2 is 1.82 bits per heavy atom. The average molecular weight is 385 g/mol. The van der Waals surface area contributed by atoms with Crippen LogP contribution in [0.4, 0.5) is 4.79 Å².